The number of hydrogen-bond acceptors (Lipinski definition) is 2. The Labute approximate surface area is 171 Å². The highest BCUT2D eigenvalue weighted by Gasteiger charge is 1.98. The van der Waals surface area contributed by atoms with Gasteiger partial charge in [0.25, 0.3) is 0 Å². The van der Waals surface area contributed by atoms with Crippen molar-refractivity contribution < 1.29 is 4.79 Å². The first-order valence-electron chi connectivity index (χ1n) is 12.2. The van der Waals surface area contributed by atoms with E-state index in [0.717, 1.165) is 26.1 Å². The number of carbonyl (C=O) groups excluding carboxylic acids is 1. The second kappa shape index (κ2) is 27.6. The maximum absolute atomic E-state index is 11.3. The van der Waals surface area contributed by atoms with Crippen molar-refractivity contribution in [3.05, 3.63) is 0 Å². The van der Waals surface area contributed by atoms with Crippen molar-refractivity contribution in [3.63, 3.8) is 0 Å². The molecule has 0 spiro atoms. The minimum Gasteiger partial charge on any atom is -0.356 e. The molecule has 0 unspecified atom stereocenters. The standard InChI is InChI=1S/C20H41NO.C4H11N/c1-3-5-6-7-8-9-10-11-12-13-14-15-16-17-18-19-20(22)21-4-2;1-3-5-4-2/h3-19H2,1-2H3,(H,21,22);5H,3-4H2,1-2H3. The van der Waals surface area contributed by atoms with Crippen molar-refractivity contribution in [3.8, 4) is 0 Å². The summed E-state index contributed by atoms with van der Waals surface area (Å²) >= 11 is 0. The topological polar surface area (TPSA) is 41.1 Å². The minimum absolute atomic E-state index is 0.220. The summed E-state index contributed by atoms with van der Waals surface area (Å²) < 4.78 is 0. The summed E-state index contributed by atoms with van der Waals surface area (Å²) in [6, 6.07) is 0. The fourth-order valence-electron chi connectivity index (χ4n) is 3.19. The number of rotatable bonds is 19. The molecule has 0 aliphatic heterocycles. The Bertz CT molecular complexity index is 267. The summed E-state index contributed by atoms with van der Waals surface area (Å²) in [5, 5.41) is 5.97. The van der Waals surface area contributed by atoms with Crippen molar-refractivity contribution >= 4 is 5.91 Å². The lowest BCUT2D eigenvalue weighted by Crippen LogP contribution is -2.21. The molecule has 3 heteroatoms. The van der Waals surface area contributed by atoms with E-state index in [2.05, 4.69) is 31.4 Å². The molecule has 27 heavy (non-hydrogen) atoms. The molecule has 0 saturated carbocycles. The maximum Gasteiger partial charge on any atom is 0.219 e. The van der Waals surface area contributed by atoms with Gasteiger partial charge in [0.1, 0.15) is 0 Å². The van der Waals surface area contributed by atoms with Crippen LogP contribution in [0.3, 0.4) is 0 Å². The van der Waals surface area contributed by atoms with E-state index in [4.69, 9.17) is 0 Å². The molecule has 0 aromatic carbocycles. The van der Waals surface area contributed by atoms with Gasteiger partial charge in [-0.1, -0.05) is 111 Å². The van der Waals surface area contributed by atoms with Crippen molar-refractivity contribution in [2.45, 2.75) is 130 Å². The second-order valence-electron chi connectivity index (χ2n) is 7.61. The molecule has 0 rings (SSSR count). The van der Waals surface area contributed by atoms with E-state index in [1.165, 1.54) is 89.9 Å². The van der Waals surface area contributed by atoms with Gasteiger partial charge in [-0.15, -0.1) is 0 Å². The zero-order valence-electron chi connectivity index (χ0n) is 19.3. The molecule has 0 radical (unpaired) electrons. The molecule has 0 bridgehead atoms. The van der Waals surface area contributed by atoms with Gasteiger partial charge in [0.2, 0.25) is 5.91 Å². The van der Waals surface area contributed by atoms with E-state index in [1.54, 1.807) is 0 Å². The highest BCUT2D eigenvalue weighted by atomic mass is 16.1. The maximum atomic E-state index is 11.3. The van der Waals surface area contributed by atoms with Gasteiger partial charge in [0, 0.05) is 13.0 Å². The normalized spacial score (nSPS) is 10.4. The van der Waals surface area contributed by atoms with E-state index in [9.17, 15) is 4.79 Å². The average Bonchev–Trinajstić information content (AvgIpc) is 2.66. The summed E-state index contributed by atoms with van der Waals surface area (Å²) in [4.78, 5) is 11.3. The van der Waals surface area contributed by atoms with Gasteiger partial charge in [0.05, 0.1) is 0 Å². The lowest BCUT2D eigenvalue weighted by atomic mass is 10.0. The SMILES string of the molecule is CCCCCCCCCCCCCCCCCC(=O)NCC.CCNCC. The molecule has 164 valence electrons. The fourth-order valence-corrected chi connectivity index (χ4v) is 3.19. The number of carbonyl (C=O) groups is 1. The highest BCUT2D eigenvalue weighted by molar-refractivity contribution is 5.75. The van der Waals surface area contributed by atoms with Crippen LogP contribution in [0.4, 0.5) is 0 Å². The van der Waals surface area contributed by atoms with Crippen molar-refractivity contribution in [2.24, 2.45) is 0 Å². The van der Waals surface area contributed by atoms with Gasteiger partial charge in [-0.3, -0.25) is 4.79 Å². The Morgan fingerprint density at radius 3 is 1.19 bits per heavy atom. The number of nitrogens with one attached hydrogen (secondary N) is 2. The van der Waals surface area contributed by atoms with Gasteiger partial charge in [-0.2, -0.15) is 0 Å². The first-order chi connectivity index (χ1) is 13.2. The van der Waals surface area contributed by atoms with E-state index in [0.29, 0.717) is 6.42 Å². The van der Waals surface area contributed by atoms with Gasteiger partial charge >= 0.3 is 0 Å². The van der Waals surface area contributed by atoms with Crippen LogP contribution in [-0.4, -0.2) is 25.5 Å². The summed E-state index contributed by atoms with van der Waals surface area (Å²) in [5.41, 5.74) is 0. The fraction of sp³-hybridized carbons (Fsp3) is 0.958. The Balaban J connectivity index is 0. The first kappa shape index (κ1) is 28.6. The first-order valence-corrected chi connectivity index (χ1v) is 12.2. The smallest absolute Gasteiger partial charge is 0.219 e. The van der Waals surface area contributed by atoms with E-state index in [1.807, 2.05) is 6.92 Å². The largest absolute Gasteiger partial charge is 0.356 e. The van der Waals surface area contributed by atoms with Crippen LogP contribution in [0.2, 0.25) is 0 Å². The van der Waals surface area contributed by atoms with Gasteiger partial charge < -0.3 is 10.6 Å². The Morgan fingerprint density at radius 1 is 0.519 bits per heavy atom. The van der Waals surface area contributed by atoms with E-state index < -0.39 is 0 Å². The second-order valence-corrected chi connectivity index (χ2v) is 7.61. The molecular formula is C24H52N2O. The molecule has 2 N–H and O–H groups in total. The molecule has 0 fully saturated rings. The lowest BCUT2D eigenvalue weighted by molar-refractivity contribution is -0.121. The van der Waals surface area contributed by atoms with Crippen LogP contribution in [0, 0.1) is 0 Å². The lowest BCUT2D eigenvalue weighted by Gasteiger charge is -2.04. The van der Waals surface area contributed by atoms with E-state index in [-0.39, 0.29) is 5.91 Å². The monoisotopic (exact) mass is 384 g/mol. The number of unbranched alkanes of at least 4 members (excludes halogenated alkanes) is 14. The molecule has 3 nitrogen and oxygen atoms in total. The van der Waals surface area contributed by atoms with E-state index >= 15 is 0 Å². The molecular weight excluding hydrogens is 332 g/mol. The van der Waals surface area contributed by atoms with Crippen LogP contribution in [-0.2, 0) is 4.79 Å². The van der Waals surface area contributed by atoms with Crippen LogP contribution in [0.1, 0.15) is 130 Å². The third kappa shape index (κ3) is 30.4. The van der Waals surface area contributed by atoms with Crippen LogP contribution in [0.15, 0.2) is 0 Å². The predicted octanol–water partition coefficient (Wildman–Crippen LogP) is 7.00. The number of hydrogen-bond donors (Lipinski definition) is 2. The summed E-state index contributed by atoms with van der Waals surface area (Å²) in [6.45, 7) is 11.4. The zero-order chi connectivity index (χ0) is 20.4. The van der Waals surface area contributed by atoms with Crippen LogP contribution in [0.25, 0.3) is 0 Å². The van der Waals surface area contributed by atoms with Crippen molar-refractivity contribution in [1.29, 1.82) is 0 Å². The third-order valence-electron chi connectivity index (χ3n) is 4.88. The molecule has 0 aromatic rings. The summed E-state index contributed by atoms with van der Waals surface area (Å²) in [6.07, 6.45) is 21.3. The van der Waals surface area contributed by atoms with Crippen LogP contribution < -0.4 is 10.6 Å². The number of amides is 1. The predicted molar refractivity (Wildman–Crippen MR) is 122 cm³/mol. The molecule has 1 amide bonds. The third-order valence-corrected chi connectivity index (χ3v) is 4.88. The Hall–Kier alpha value is -0.570. The molecule has 0 aliphatic rings. The van der Waals surface area contributed by atoms with Gasteiger partial charge in [-0.05, 0) is 26.4 Å². The molecule has 0 saturated heterocycles. The molecule has 0 heterocycles. The summed E-state index contributed by atoms with van der Waals surface area (Å²) in [5.74, 6) is 0.220. The summed E-state index contributed by atoms with van der Waals surface area (Å²) in [7, 11) is 0. The zero-order valence-corrected chi connectivity index (χ0v) is 19.3. The minimum atomic E-state index is 0.220. The Kier molecular flexibility index (Phi) is 29.3. The average molecular weight is 385 g/mol. The molecule has 0 aromatic heterocycles. The highest BCUT2D eigenvalue weighted by Crippen LogP contribution is 2.13. The van der Waals surface area contributed by atoms with Crippen molar-refractivity contribution in [2.75, 3.05) is 19.6 Å². The van der Waals surface area contributed by atoms with Gasteiger partial charge in [0.15, 0.2) is 0 Å². The quantitative estimate of drug-likeness (QED) is 0.235. The van der Waals surface area contributed by atoms with Crippen molar-refractivity contribution in [1.82, 2.24) is 10.6 Å². The van der Waals surface area contributed by atoms with Crippen LogP contribution >= 0.6 is 0 Å². The van der Waals surface area contributed by atoms with Crippen LogP contribution in [0.5, 0.6) is 0 Å². The molecule has 0 atom stereocenters. The Morgan fingerprint density at radius 2 is 0.889 bits per heavy atom. The molecule has 0 aliphatic carbocycles. The van der Waals surface area contributed by atoms with Gasteiger partial charge in [-0.25, -0.2) is 0 Å².